The highest BCUT2D eigenvalue weighted by Gasteiger charge is 2.50. The van der Waals surface area contributed by atoms with Crippen molar-refractivity contribution in [3.8, 4) is 16.9 Å². The van der Waals surface area contributed by atoms with Gasteiger partial charge in [-0.3, -0.25) is 15.1 Å². The molecule has 1 saturated carbocycles. The van der Waals surface area contributed by atoms with Crippen molar-refractivity contribution in [3.63, 3.8) is 0 Å². The fraction of sp³-hybridized carbons (Fsp3) is 0.455. The summed E-state index contributed by atoms with van der Waals surface area (Å²) in [5, 5.41) is 3.53. The predicted molar refractivity (Wildman–Crippen MR) is 103 cm³/mol. The van der Waals surface area contributed by atoms with Crippen molar-refractivity contribution >= 4 is 5.91 Å². The van der Waals surface area contributed by atoms with Crippen LogP contribution in [0, 0.1) is 5.82 Å². The first-order valence-corrected chi connectivity index (χ1v) is 10.00. The van der Waals surface area contributed by atoms with Gasteiger partial charge in [0.05, 0.1) is 17.8 Å². The van der Waals surface area contributed by atoms with Crippen LogP contribution in [-0.2, 0) is 4.79 Å². The first-order valence-electron chi connectivity index (χ1n) is 10.00. The number of carbonyl (C=O) groups excluding carboxylic acids is 1. The van der Waals surface area contributed by atoms with Gasteiger partial charge in [-0.1, -0.05) is 0 Å². The highest BCUT2D eigenvalue weighted by Crippen LogP contribution is 2.39. The maximum absolute atomic E-state index is 14.5. The molecule has 1 amide bonds. The lowest BCUT2D eigenvalue weighted by atomic mass is 9.96. The number of aromatic nitrogens is 1. The maximum Gasteiger partial charge on any atom is 0.242 e. The van der Waals surface area contributed by atoms with Gasteiger partial charge in [-0.25, -0.2) is 4.39 Å². The van der Waals surface area contributed by atoms with Crippen LogP contribution in [0.5, 0.6) is 5.75 Å². The van der Waals surface area contributed by atoms with Gasteiger partial charge in [0.1, 0.15) is 17.1 Å². The van der Waals surface area contributed by atoms with Crippen molar-refractivity contribution in [1.29, 1.82) is 0 Å². The van der Waals surface area contributed by atoms with Crippen molar-refractivity contribution in [2.45, 2.75) is 49.8 Å². The highest BCUT2D eigenvalue weighted by molar-refractivity contribution is 5.88. The molecule has 2 saturated heterocycles. The number of pyridine rings is 1. The first-order chi connectivity index (χ1) is 13.5. The molecule has 0 bridgehead atoms. The summed E-state index contributed by atoms with van der Waals surface area (Å²) in [7, 11) is 1.85. The van der Waals surface area contributed by atoms with Crippen LogP contribution in [0.1, 0.15) is 43.8 Å². The second-order valence-corrected chi connectivity index (χ2v) is 8.22. The molecule has 3 aliphatic rings. The smallest absolute Gasteiger partial charge is 0.242 e. The van der Waals surface area contributed by atoms with E-state index in [4.69, 9.17) is 4.74 Å². The van der Waals surface area contributed by atoms with Crippen LogP contribution in [0.4, 0.5) is 4.39 Å². The molecular weight excluding hydrogens is 357 g/mol. The number of hydrogen-bond acceptors (Lipinski definition) is 4. The highest BCUT2D eigenvalue weighted by atomic mass is 19.1. The van der Waals surface area contributed by atoms with Crippen LogP contribution in [0.15, 0.2) is 36.5 Å². The summed E-state index contributed by atoms with van der Waals surface area (Å²) in [6.07, 6.45) is 6.60. The minimum absolute atomic E-state index is 0.00404. The zero-order valence-corrected chi connectivity index (χ0v) is 16.0. The average Bonchev–Trinajstić information content (AvgIpc) is 3.35. The molecule has 28 heavy (non-hydrogen) atoms. The van der Waals surface area contributed by atoms with Gasteiger partial charge in [0.2, 0.25) is 5.91 Å². The monoisotopic (exact) mass is 381 g/mol. The van der Waals surface area contributed by atoms with E-state index in [9.17, 15) is 9.18 Å². The molecular formula is C22H24FN3O2. The van der Waals surface area contributed by atoms with Crippen LogP contribution in [-0.4, -0.2) is 41.0 Å². The van der Waals surface area contributed by atoms with Crippen LogP contribution in [0.25, 0.3) is 11.1 Å². The van der Waals surface area contributed by atoms with E-state index < -0.39 is 5.54 Å². The fourth-order valence-electron chi connectivity index (χ4n) is 4.37. The van der Waals surface area contributed by atoms with E-state index >= 15 is 0 Å². The summed E-state index contributed by atoms with van der Waals surface area (Å²) in [4.78, 5) is 18.9. The Labute approximate surface area is 163 Å². The molecule has 2 aromatic rings. The molecule has 0 radical (unpaired) electrons. The van der Waals surface area contributed by atoms with Gasteiger partial charge in [-0.05, 0) is 68.0 Å². The molecule has 3 heterocycles. The van der Waals surface area contributed by atoms with Crippen molar-refractivity contribution in [3.05, 3.63) is 48.0 Å². The second-order valence-electron chi connectivity index (χ2n) is 8.22. The number of nitrogens with one attached hydrogen (secondary N) is 1. The number of benzene rings is 1. The van der Waals surface area contributed by atoms with Gasteiger partial charge in [0.15, 0.2) is 0 Å². The zero-order chi connectivity index (χ0) is 19.3. The normalized spacial score (nSPS) is 27.0. The molecule has 5 nitrogen and oxygen atoms in total. The standard InChI is InChI=1S/C22H24FN3O2/c1-26-11-9-22(21(26)27)8-6-19(25-22)20-12-14(7-10-24-20)17-13-16(4-5-18(17)23)28-15-2-3-15/h4-5,7,10,12-13,15,19,25H,2-3,6,8-9,11H2,1H3/t19-,22+/m1/s1. The Bertz CT molecular complexity index is 930. The second kappa shape index (κ2) is 6.55. The van der Waals surface area contributed by atoms with Crippen LogP contribution in [0.3, 0.4) is 0 Å². The van der Waals surface area contributed by atoms with Gasteiger partial charge in [0.25, 0.3) is 0 Å². The van der Waals surface area contributed by atoms with E-state index in [1.807, 2.05) is 19.2 Å². The largest absolute Gasteiger partial charge is 0.490 e. The summed E-state index contributed by atoms with van der Waals surface area (Å²) in [6.45, 7) is 0.783. The number of halogens is 1. The van der Waals surface area contributed by atoms with Crippen LogP contribution < -0.4 is 10.1 Å². The summed E-state index contributed by atoms with van der Waals surface area (Å²) >= 11 is 0. The van der Waals surface area contributed by atoms with Crippen LogP contribution in [0.2, 0.25) is 0 Å². The predicted octanol–water partition coefficient (Wildman–Crippen LogP) is 3.45. The molecule has 1 aromatic carbocycles. The summed E-state index contributed by atoms with van der Waals surface area (Å²) < 4.78 is 20.3. The molecule has 1 aliphatic carbocycles. The minimum atomic E-state index is -0.458. The van der Waals surface area contributed by atoms with Crippen LogP contribution >= 0.6 is 0 Å². The first kappa shape index (κ1) is 17.6. The average molecular weight is 381 g/mol. The Hall–Kier alpha value is -2.47. The molecule has 0 unspecified atom stereocenters. The Morgan fingerprint density at radius 3 is 2.82 bits per heavy atom. The number of likely N-dealkylation sites (N-methyl/N-ethyl adjacent to an activating group) is 1. The molecule has 146 valence electrons. The lowest BCUT2D eigenvalue weighted by Gasteiger charge is -2.23. The van der Waals surface area contributed by atoms with E-state index in [0.717, 1.165) is 49.9 Å². The number of rotatable bonds is 4. The summed E-state index contributed by atoms with van der Waals surface area (Å²) in [6, 6.07) is 8.67. The zero-order valence-electron chi connectivity index (χ0n) is 16.0. The van der Waals surface area contributed by atoms with Gasteiger partial charge in [0, 0.05) is 25.4 Å². The van der Waals surface area contributed by atoms with E-state index in [-0.39, 0.29) is 23.9 Å². The molecule has 2 aliphatic heterocycles. The lowest BCUT2D eigenvalue weighted by molar-refractivity contribution is -0.131. The van der Waals surface area contributed by atoms with Crippen molar-refractivity contribution in [1.82, 2.24) is 15.2 Å². The van der Waals surface area contributed by atoms with Crippen molar-refractivity contribution in [2.24, 2.45) is 0 Å². The van der Waals surface area contributed by atoms with Gasteiger partial charge < -0.3 is 9.64 Å². The van der Waals surface area contributed by atoms with E-state index in [1.165, 1.54) is 6.07 Å². The molecule has 5 rings (SSSR count). The number of likely N-dealkylation sites (tertiary alicyclic amines) is 1. The molecule has 1 spiro atoms. The van der Waals surface area contributed by atoms with Gasteiger partial charge in [-0.15, -0.1) is 0 Å². The third-order valence-electron chi connectivity index (χ3n) is 6.15. The Balaban J connectivity index is 1.41. The fourth-order valence-corrected chi connectivity index (χ4v) is 4.37. The molecule has 1 aromatic heterocycles. The van der Waals surface area contributed by atoms with Gasteiger partial charge >= 0.3 is 0 Å². The molecule has 1 N–H and O–H groups in total. The Kier molecular flexibility index (Phi) is 4.12. The molecule has 2 atom stereocenters. The molecule has 3 fully saturated rings. The van der Waals surface area contributed by atoms with E-state index in [1.54, 1.807) is 23.2 Å². The molecule has 6 heteroatoms. The quantitative estimate of drug-likeness (QED) is 0.881. The third-order valence-corrected chi connectivity index (χ3v) is 6.15. The van der Waals surface area contributed by atoms with E-state index in [2.05, 4.69) is 10.3 Å². The van der Waals surface area contributed by atoms with E-state index in [0.29, 0.717) is 11.3 Å². The lowest BCUT2D eigenvalue weighted by Crippen LogP contribution is -2.47. The van der Waals surface area contributed by atoms with Gasteiger partial charge in [-0.2, -0.15) is 0 Å². The number of carbonyl (C=O) groups is 1. The van der Waals surface area contributed by atoms with Crippen molar-refractivity contribution < 1.29 is 13.9 Å². The maximum atomic E-state index is 14.5. The summed E-state index contributed by atoms with van der Waals surface area (Å²) in [5.41, 5.74) is 1.69. The van der Waals surface area contributed by atoms with Crippen molar-refractivity contribution in [2.75, 3.05) is 13.6 Å². The third kappa shape index (κ3) is 3.05. The Morgan fingerprint density at radius 2 is 2.07 bits per heavy atom. The summed E-state index contributed by atoms with van der Waals surface area (Å²) in [5.74, 6) is 0.598. The number of nitrogens with zero attached hydrogens (tertiary/aromatic N) is 2. The Morgan fingerprint density at radius 1 is 1.21 bits per heavy atom. The number of ether oxygens (including phenoxy) is 1. The topological polar surface area (TPSA) is 54.5 Å². The SMILES string of the molecule is CN1CC[C@@]2(CC[C@H](c3cc(-c4cc(OC5CC5)ccc4F)ccn3)N2)C1=O. The number of hydrogen-bond donors (Lipinski definition) is 1. The minimum Gasteiger partial charge on any atom is -0.490 e. The number of amides is 1.